The normalized spacial score (nSPS) is 10.9. The Morgan fingerprint density at radius 2 is 2.00 bits per heavy atom. The van der Waals surface area contributed by atoms with E-state index in [0.29, 0.717) is 5.56 Å². The van der Waals surface area contributed by atoms with Gasteiger partial charge in [0.05, 0.1) is 0 Å². The minimum Gasteiger partial charge on any atom is -0.316 e. The van der Waals surface area contributed by atoms with Gasteiger partial charge in [0.15, 0.2) is 0 Å². The van der Waals surface area contributed by atoms with Crippen LogP contribution in [0.3, 0.4) is 0 Å². The fourth-order valence-corrected chi connectivity index (χ4v) is 2.45. The summed E-state index contributed by atoms with van der Waals surface area (Å²) in [4.78, 5) is 4.11. The summed E-state index contributed by atoms with van der Waals surface area (Å²) in [5.41, 5.74) is 2.60. The molecule has 20 heavy (non-hydrogen) atoms. The van der Waals surface area contributed by atoms with E-state index in [-0.39, 0.29) is 5.82 Å². The van der Waals surface area contributed by atoms with Gasteiger partial charge in [0.25, 0.3) is 0 Å². The van der Waals surface area contributed by atoms with Crippen molar-refractivity contribution in [1.82, 2.24) is 10.3 Å². The largest absolute Gasteiger partial charge is 0.316 e. The Labute approximate surface area is 117 Å². The van der Waals surface area contributed by atoms with Gasteiger partial charge in [0, 0.05) is 29.9 Å². The van der Waals surface area contributed by atoms with Gasteiger partial charge < -0.3 is 5.32 Å². The Morgan fingerprint density at radius 3 is 2.85 bits per heavy atom. The average Bonchev–Trinajstić information content (AvgIpc) is 2.49. The first-order valence-corrected chi connectivity index (χ1v) is 6.56. The Hall–Kier alpha value is -2.26. The number of halogens is 1. The molecule has 0 aliphatic heterocycles. The lowest BCUT2D eigenvalue weighted by Crippen LogP contribution is -2.05. The maximum absolute atomic E-state index is 14.2. The van der Waals surface area contributed by atoms with Gasteiger partial charge in [0.1, 0.15) is 5.82 Å². The highest BCUT2D eigenvalue weighted by Gasteiger charge is 2.09. The van der Waals surface area contributed by atoms with Crippen LogP contribution in [0.15, 0.2) is 54.9 Å². The van der Waals surface area contributed by atoms with Crippen molar-refractivity contribution in [3.8, 4) is 11.1 Å². The molecule has 0 atom stereocenters. The van der Waals surface area contributed by atoms with Crippen LogP contribution in [0.5, 0.6) is 0 Å². The van der Waals surface area contributed by atoms with Crippen molar-refractivity contribution < 1.29 is 4.39 Å². The van der Waals surface area contributed by atoms with Crippen molar-refractivity contribution in [1.29, 1.82) is 0 Å². The fourth-order valence-electron chi connectivity index (χ4n) is 2.45. The third-order valence-electron chi connectivity index (χ3n) is 3.38. The number of nitrogens with one attached hydrogen (secondary N) is 1. The van der Waals surface area contributed by atoms with E-state index in [1.165, 1.54) is 6.07 Å². The second-order valence-corrected chi connectivity index (χ2v) is 4.75. The smallest absolute Gasteiger partial charge is 0.131 e. The molecule has 0 fully saturated rings. The van der Waals surface area contributed by atoms with Crippen molar-refractivity contribution in [2.24, 2.45) is 0 Å². The van der Waals surface area contributed by atoms with Crippen LogP contribution < -0.4 is 5.32 Å². The lowest BCUT2D eigenvalue weighted by Gasteiger charge is -2.10. The highest BCUT2D eigenvalue weighted by Crippen LogP contribution is 2.30. The van der Waals surface area contributed by atoms with Crippen LogP contribution in [0.1, 0.15) is 5.56 Å². The van der Waals surface area contributed by atoms with E-state index in [1.807, 2.05) is 43.4 Å². The zero-order valence-electron chi connectivity index (χ0n) is 11.2. The Balaban J connectivity index is 2.22. The predicted octanol–water partition coefficient (Wildman–Crippen LogP) is 3.76. The van der Waals surface area contributed by atoms with E-state index in [2.05, 4.69) is 10.3 Å². The topological polar surface area (TPSA) is 24.9 Å². The van der Waals surface area contributed by atoms with Gasteiger partial charge in [-0.25, -0.2) is 4.39 Å². The Bertz CT molecular complexity index is 748. The number of nitrogens with zero attached hydrogens (tertiary/aromatic N) is 1. The molecule has 0 spiro atoms. The van der Waals surface area contributed by atoms with E-state index in [0.717, 1.165) is 28.4 Å². The minimum absolute atomic E-state index is 0.200. The molecule has 0 bridgehead atoms. The van der Waals surface area contributed by atoms with Gasteiger partial charge in [-0.15, -0.1) is 0 Å². The highest BCUT2D eigenvalue weighted by atomic mass is 19.1. The van der Waals surface area contributed by atoms with Gasteiger partial charge in [-0.3, -0.25) is 4.98 Å². The van der Waals surface area contributed by atoms with Crippen LogP contribution >= 0.6 is 0 Å². The van der Waals surface area contributed by atoms with E-state index >= 15 is 0 Å². The molecule has 3 rings (SSSR count). The molecule has 0 saturated heterocycles. The summed E-state index contributed by atoms with van der Waals surface area (Å²) < 4.78 is 14.2. The summed E-state index contributed by atoms with van der Waals surface area (Å²) in [7, 11) is 1.88. The van der Waals surface area contributed by atoms with E-state index in [1.54, 1.807) is 12.4 Å². The predicted molar refractivity (Wildman–Crippen MR) is 79.9 cm³/mol. The third kappa shape index (κ3) is 2.28. The van der Waals surface area contributed by atoms with E-state index in [9.17, 15) is 4.39 Å². The first kappa shape index (κ1) is 12.8. The highest BCUT2D eigenvalue weighted by molar-refractivity contribution is 5.96. The zero-order chi connectivity index (χ0) is 13.9. The number of aromatic nitrogens is 1. The van der Waals surface area contributed by atoms with Crippen LogP contribution in [0, 0.1) is 5.82 Å². The minimum atomic E-state index is -0.200. The summed E-state index contributed by atoms with van der Waals surface area (Å²) in [6, 6.07) is 13.0. The maximum atomic E-state index is 14.2. The molecule has 2 nitrogen and oxygen atoms in total. The molecule has 0 amide bonds. The van der Waals surface area contributed by atoms with Crippen LogP contribution in [0.25, 0.3) is 21.9 Å². The van der Waals surface area contributed by atoms with Crippen LogP contribution in [0.2, 0.25) is 0 Å². The summed E-state index contributed by atoms with van der Waals surface area (Å²) >= 11 is 0. The quantitative estimate of drug-likeness (QED) is 0.780. The second-order valence-electron chi connectivity index (χ2n) is 4.75. The molecule has 100 valence electrons. The number of hydrogen-bond acceptors (Lipinski definition) is 2. The number of fused-ring (bicyclic) bond motifs is 1. The van der Waals surface area contributed by atoms with Crippen LogP contribution in [0.4, 0.5) is 4.39 Å². The summed E-state index contributed by atoms with van der Waals surface area (Å²) in [5, 5.41) is 5.12. The number of rotatable bonds is 3. The Morgan fingerprint density at radius 1 is 1.10 bits per heavy atom. The SMILES string of the molecule is CNCc1ccc(F)c(-c2cccc3cnccc23)c1. The first-order valence-electron chi connectivity index (χ1n) is 6.56. The molecule has 3 aromatic rings. The summed E-state index contributed by atoms with van der Waals surface area (Å²) in [5.74, 6) is -0.200. The monoisotopic (exact) mass is 266 g/mol. The molecular formula is C17H15FN2. The molecule has 3 heteroatoms. The standard InChI is InChI=1S/C17H15FN2/c1-19-10-12-5-6-17(18)16(9-12)15-4-2-3-13-11-20-8-7-14(13)15/h2-9,11,19H,10H2,1H3. The van der Waals surface area contributed by atoms with Crippen molar-refractivity contribution in [2.75, 3.05) is 7.05 Å². The fraction of sp³-hybridized carbons (Fsp3) is 0.118. The molecule has 0 saturated carbocycles. The van der Waals surface area contributed by atoms with Crippen LogP contribution in [-0.4, -0.2) is 12.0 Å². The molecule has 1 heterocycles. The molecule has 0 unspecified atom stereocenters. The van der Waals surface area contributed by atoms with Gasteiger partial charge in [0.2, 0.25) is 0 Å². The van der Waals surface area contributed by atoms with Crippen molar-refractivity contribution >= 4 is 10.8 Å². The molecule has 0 radical (unpaired) electrons. The Kier molecular flexibility index (Phi) is 3.44. The molecule has 0 aliphatic carbocycles. The van der Waals surface area contributed by atoms with Gasteiger partial charge in [-0.05, 0) is 41.8 Å². The zero-order valence-corrected chi connectivity index (χ0v) is 11.2. The molecule has 0 aliphatic rings. The summed E-state index contributed by atoms with van der Waals surface area (Å²) in [6.45, 7) is 0.722. The van der Waals surface area contributed by atoms with Crippen molar-refractivity contribution in [3.63, 3.8) is 0 Å². The molecule has 1 aromatic heterocycles. The first-order chi connectivity index (χ1) is 9.79. The second kappa shape index (κ2) is 5.39. The molecule has 2 aromatic carbocycles. The lowest BCUT2D eigenvalue weighted by molar-refractivity contribution is 0.630. The number of hydrogen-bond donors (Lipinski definition) is 1. The van der Waals surface area contributed by atoms with Gasteiger partial charge in [-0.1, -0.05) is 24.3 Å². The maximum Gasteiger partial charge on any atom is 0.131 e. The number of benzene rings is 2. The van der Waals surface area contributed by atoms with Crippen molar-refractivity contribution in [3.05, 3.63) is 66.2 Å². The van der Waals surface area contributed by atoms with Gasteiger partial charge in [-0.2, -0.15) is 0 Å². The van der Waals surface area contributed by atoms with Crippen LogP contribution in [-0.2, 0) is 6.54 Å². The molecule has 1 N–H and O–H groups in total. The van der Waals surface area contributed by atoms with E-state index in [4.69, 9.17) is 0 Å². The third-order valence-corrected chi connectivity index (χ3v) is 3.38. The number of pyridine rings is 1. The van der Waals surface area contributed by atoms with E-state index < -0.39 is 0 Å². The lowest BCUT2D eigenvalue weighted by atomic mass is 9.97. The average molecular weight is 266 g/mol. The molecular weight excluding hydrogens is 251 g/mol. The summed E-state index contributed by atoms with van der Waals surface area (Å²) in [6.07, 6.45) is 3.54. The van der Waals surface area contributed by atoms with Crippen molar-refractivity contribution in [2.45, 2.75) is 6.54 Å². The van der Waals surface area contributed by atoms with Gasteiger partial charge >= 0.3 is 0 Å².